The topological polar surface area (TPSA) is 56.6 Å². The van der Waals surface area contributed by atoms with Crippen molar-refractivity contribution in [1.82, 2.24) is 4.98 Å². The molecule has 0 aliphatic rings. The molecule has 0 atom stereocenters. The molecule has 0 fully saturated rings. The van der Waals surface area contributed by atoms with E-state index in [9.17, 15) is 4.79 Å². The van der Waals surface area contributed by atoms with Gasteiger partial charge in [0.05, 0.1) is 5.52 Å². The first-order valence-corrected chi connectivity index (χ1v) is 5.15. The SMILES string of the molecule is Cc1[nH]c2c(Br)cccc2c(=O)c1C#N. The summed E-state index contributed by atoms with van der Waals surface area (Å²) >= 11 is 3.36. The number of pyridine rings is 1. The normalized spacial score (nSPS) is 10.2. The van der Waals surface area contributed by atoms with Crippen LogP contribution < -0.4 is 5.43 Å². The van der Waals surface area contributed by atoms with Gasteiger partial charge in [0.2, 0.25) is 5.43 Å². The van der Waals surface area contributed by atoms with E-state index < -0.39 is 0 Å². The summed E-state index contributed by atoms with van der Waals surface area (Å²) in [6, 6.07) is 7.25. The van der Waals surface area contributed by atoms with E-state index in [0.29, 0.717) is 11.1 Å². The lowest BCUT2D eigenvalue weighted by Gasteiger charge is -2.03. The van der Waals surface area contributed by atoms with Crippen molar-refractivity contribution in [2.24, 2.45) is 0 Å². The Hall–Kier alpha value is -1.60. The molecule has 2 aromatic rings. The molecule has 0 radical (unpaired) electrons. The Kier molecular flexibility index (Phi) is 2.33. The van der Waals surface area contributed by atoms with Crippen LogP contribution in [-0.2, 0) is 0 Å². The zero-order chi connectivity index (χ0) is 11.0. The largest absolute Gasteiger partial charge is 0.356 e. The molecule has 1 aromatic carbocycles. The smallest absolute Gasteiger partial charge is 0.207 e. The van der Waals surface area contributed by atoms with Crippen molar-refractivity contribution in [2.45, 2.75) is 6.92 Å². The fourth-order valence-electron chi connectivity index (χ4n) is 1.53. The maximum atomic E-state index is 11.9. The van der Waals surface area contributed by atoms with E-state index in [2.05, 4.69) is 20.9 Å². The molecule has 3 nitrogen and oxygen atoms in total. The number of hydrogen-bond donors (Lipinski definition) is 1. The number of aromatic amines is 1. The fourth-order valence-corrected chi connectivity index (χ4v) is 2.00. The third kappa shape index (κ3) is 1.45. The number of aryl methyl sites for hydroxylation is 1. The number of halogens is 1. The Morgan fingerprint density at radius 1 is 1.47 bits per heavy atom. The number of nitriles is 1. The predicted octanol–water partition coefficient (Wildman–Crippen LogP) is 2.47. The van der Waals surface area contributed by atoms with Crippen molar-refractivity contribution in [3.63, 3.8) is 0 Å². The minimum Gasteiger partial charge on any atom is -0.356 e. The first-order valence-electron chi connectivity index (χ1n) is 4.36. The molecule has 0 spiro atoms. The van der Waals surface area contributed by atoms with Crippen LogP contribution >= 0.6 is 15.9 Å². The highest BCUT2D eigenvalue weighted by Crippen LogP contribution is 2.20. The van der Waals surface area contributed by atoms with Gasteiger partial charge in [-0.3, -0.25) is 4.79 Å². The van der Waals surface area contributed by atoms with E-state index in [1.807, 2.05) is 12.1 Å². The molecule has 0 unspecified atom stereocenters. The van der Waals surface area contributed by atoms with Crippen LogP contribution in [0.15, 0.2) is 27.5 Å². The molecule has 0 aliphatic carbocycles. The molecule has 4 heteroatoms. The Morgan fingerprint density at radius 3 is 2.87 bits per heavy atom. The minimum absolute atomic E-state index is 0.181. The van der Waals surface area contributed by atoms with E-state index in [1.165, 1.54) is 0 Å². The molecule has 1 aromatic heterocycles. The fraction of sp³-hybridized carbons (Fsp3) is 0.0909. The van der Waals surface area contributed by atoms with Gasteiger partial charge in [-0.15, -0.1) is 0 Å². The molecule has 1 heterocycles. The predicted molar refractivity (Wildman–Crippen MR) is 61.7 cm³/mol. The van der Waals surface area contributed by atoms with Crippen LogP contribution in [0.3, 0.4) is 0 Å². The van der Waals surface area contributed by atoms with Gasteiger partial charge in [-0.25, -0.2) is 0 Å². The number of aromatic nitrogens is 1. The Morgan fingerprint density at radius 2 is 2.20 bits per heavy atom. The molecule has 0 saturated heterocycles. The summed E-state index contributed by atoms with van der Waals surface area (Å²) in [4.78, 5) is 14.9. The van der Waals surface area contributed by atoms with Crippen LogP contribution in [0.2, 0.25) is 0 Å². The average molecular weight is 263 g/mol. The van der Waals surface area contributed by atoms with Gasteiger partial charge in [-0.1, -0.05) is 6.07 Å². The average Bonchev–Trinajstić information content (AvgIpc) is 2.20. The Bertz CT molecular complexity index is 637. The highest BCUT2D eigenvalue weighted by Gasteiger charge is 2.09. The van der Waals surface area contributed by atoms with Crippen LogP contribution in [0, 0.1) is 18.3 Å². The minimum atomic E-state index is -0.218. The van der Waals surface area contributed by atoms with Crippen molar-refractivity contribution >= 4 is 26.8 Å². The number of benzene rings is 1. The summed E-state index contributed by atoms with van der Waals surface area (Å²) in [7, 11) is 0. The first-order chi connectivity index (χ1) is 7.15. The molecule has 1 N–H and O–H groups in total. The van der Waals surface area contributed by atoms with Crippen molar-refractivity contribution in [1.29, 1.82) is 5.26 Å². The molecule has 15 heavy (non-hydrogen) atoms. The number of nitrogens with zero attached hydrogens (tertiary/aromatic N) is 1. The zero-order valence-electron chi connectivity index (χ0n) is 7.97. The van der Waals surface area contributed by atoms with E-state index in [1.54, 1.807) is 19.1 Å². The van der Waals surface area contributed by atoms with Gasteiger partial charge in [0.1, 0.15) is 11.6 Å². The molecule has 0 amide bonds. The van der Waals surface area contributed by atoms with Crippen LogP contribution in [-0.4, -0.2) is 4.98 Å². The third-order valence-electron chi connectivity index (χ3n) is 2.28. The van der Waals surface area contributed by atoms with Gasteiger partial charge < -0.3 is 4.98 Å². The standard InChI is InChI=1S/C11H7BrN2O/c1-6-8(5-13)11(15)7-3-2-4-9(12)10(7)14-6/h2-4H,1H3,(H,14,15). The summed E-state index contributed by atoms with van der Waals surface area (Å²) in [5.41, 5.74) is 1.30. The zero-order valence-corrected chi connectivity index (χ0v) is 9.55. The van der Waals surface area contributed by atoms with Crippen molar-refractivity contribution in [2.75, 3.05) is 0 Å². The summed E-state index contributed by atoms with van der Waals surface area (Å²) < 4.78 is 0.824. The van der Waals surface area contributed by atoms with E-state index >= 15 is 0 Å². The second-order valence-corrected chi connectivity index (χ2v) is 4.08. The lowest BCUT2D eigenvalue weighted by atomic mass is 10.1. The molecule has 74 valence electrons. The monoisotopic (exact) mass is 262 g/mol. The Labute approximate surface area is 94.5 Å². The number of nitrogens with one attached hydrogen (secondary N) is 1. The van der Waals surface area contributed by atoms with Crippen molar-refractivity contribution < 1.29 is 0 Å². The van der Waals surface area contributed by atoms with Crippen LogP contribution in [0.5, 0.6) is 0 Å². The molecule has 0 aliphatic heterocycles. The first kappa shape index (κ1) is 9.94. The number of para-hydroxylation sites is 1. The quantitative estimate of drug-likeness (QED) is 0.793. The number of H-pyrrole nitrogens is 1. The second-order valence-electron chi connectivity index (χ2n) is 3.23. The van der Waals surface area contributed by atoms with Gasteiger partial charge in [0.15, 0.2) is 0 Å². The van der Waals surface area contributed by atoms with Gasteiger partial charge >= 0.3 is 0 Å². The highest BCUT2D eigenvalue weighted by molar-refractivity contribution is 9.10. The summed E-state index contributed by atoms with van der Waals surface area (Å²) in [5.74, 6) is 0. The van der Waals surface area contributed by atoms with Crippen LogP contribution in [0.4, 0.5) is 0 Å². The van der Waals surface area contributed by atoms with E-state index in [0.717, 1.165) is 9.99 Å². The van der Waals surface area contributed by atoms with Crippen molar-refractivity contribution in [3.05, 3.63) is 44.2 Å². The Balaban J connectivity index is 3.06. The number of fused-ring (bicyclic) bond motifs is 1. The summed E-state index contributed by atoms with van der Waals surface area (Å²) in [6.07, 6.45) is 0. The third-order valence-corrected chi connectivity index (χ3v) is 2.95. The maximum Gasteiger partial charge on any atom is 0.207 e. The highest BCUT2D eigenvalue weighted by atomic mass is 79.9. The van der Waals surface area contributed by atoms with Crippen molar-refractivity contribution in [3.8, 4) is 6.07 Å². The van der Waals surface area contributed by atoms with Gasteiger partial charge in [0, 0.05) is 15.6 Å². The van der Waals surface area contributed by atoms with Gasteiger partial charge in [-0.2, -0.15) is 5.26 Å². The molecule has 0 saturated carbocycles. The lowest BCUT2D eigenvalue weighted by Crippen LogP contribution is -2.10. The second kappa shape index (κ2) is 3.52. The molecule has 2 rings (SSSR count). The maximum absolute atomic E-state index is 11.9. The summed E-state index contributed by atoms with van der Waals surface area (Å²) in [6.45, 7) is 1.72. The molecular weight excluding hydrogens is 256 g/mol. The molecule has 0 bridgehead atoms. The van der Waals surface area contributed by atoms with E-state index in [4.69, 9.17) is 5.26 Å². The number of hydrogen-bond acceptors (Lipinski definition) is 2. The van der Waals surface area contributed by atoms with Gasteiger partial charge in [-0.05, 0) is 35.0 Å². The van der Waals surface area contributed by atoms with Gasteiger partial charge in [0.25, 0.3) is 0 Å². The summed E-state index contributed by atoms with van der Waals surface area (Å²) in [5, 5.41) is 9.38. The molecular formula is C11H7BrN2O. The number of rotatable bonds is 0. The van der Waals surface area contributed by atoms with E-state index in [-0.39, 0.29) is 11.0 Å². The van der Waals surface area contributed by atoms with Crippen LogP contribution in [0.25, 0.3) is 10.9 Å². The lowest BCUT2D eigenvalue weighted by molar-refractivity contribution is 1.21. The van der Waals surface area contributed by atoms with Crippen LogP contribution in [0.1, 0.15) is 11.3 Å².